The predicted octanol–water partition coefficient (Wildman–Crippen LogP) is 6.38. The molecule has 1 fully saturated rings. The molecular formula is C16H25Cl3N2ORuS2. The van der Waals surface area contributed by atoms with Crippen LogP contribution in [0.25, 0.3) is 0 Å². The van der Waals surface area contributed by atoms with Gasteiger partial charge in [0.1, 0.15) is 0 Å². The molecular weight excluding hydrogens is 508 g/mol. The molecule has 0 amide bonds. The van der Waals surface area contributed by atoms with Crippen LogP contribution in [0.5, 0.6) is 5.75 Å². The number of hydrogen-bond donors (Lipinski definition) is 0. The van der Waals surface area contributed by atoms with Crippen molar-refractivity contribution in [1.82, 2.24) is 8.61 Å². The Balaban J connectivity index is 0. The van der Waals surface area contributed by atoms with Crippen LogP contribution >= 0.6 is 56.8 Å². The van der Waals surface area contributed by atoms with E-state index in [4.69, 9.17) is 27.9 Å². The van der Waals surface area contributed by atoms with Crippen LogP contribution in [0.1, 0.15) is 19.4 Å². The zero-order valence-corrected chi connectivity index (χ0v) is 20.7. The molecule has 0 radical (unpaired) electrons. The Morgan fingerprint density at radius 1 is 1.12 bits per heavy atom. The summed E-state index contributed by atoms with van der Waals surface area (Å²) in [6, 6.07) is 3.38. The Morgan fingerprint density at radius 2 is 1.56 bits per heavy atom. The molecule has 0 aromatic heterocycles. The van der Waals surface area contributed by atoms with Gasteiger partial charge in [0.05, 0.1) is 6.10 Å². The van der Waals surface area contributed by atoms with Crippen LogP contribution in [0.2, 0.25) is 10.0 Å². The van der Waals surface area contributed by atoms with Crippen LogP contribution in [-0.4, -0.2) is 40.3 Å². The Bertz CT molecular complexity index is 475. The number of rotatable bonds is 4. The van der Waals surface area contributed by atoms with Crippen molar-refractivity contribution in [3.63, 3.8) is 0 Å². The van der Waals surface area contributed by atoms with E-state index in [-0.39, 0.29) is 13.5 Å². The summed E-state index contributed by atoms with van der Waals surface area (Å²) in [5.41, 5.74) is 0.753. The molecule has 0 atom stereocenters. The van der Waals surface area contributed by atoms with Gasteiger partial charge in [0, 0.05) is 15.8 Å². The van der Waals surface area contributed by atoms with Gasteiger partial charge in [-0.25, -0.2) is 0 Å². The van der Waals surface area contributed by atoms with Crippen molar-refractivity contribution >= 4 is 56.8 Å². The normalized spacial score (nSPS) is 14.1. The average molecular weight is 533 g/mol. The Labute approximate surface area is 186 Å². The second kappa shape index (κ2) is 16.0. The molecule has 25 heavy (non-hydrogen) atoms. The second-order valence-electron chi connectivity index (χ2n) is 4.80. The summed E-state index contributed by atoms with van der Waals surface area (Å²) in [6.45, 7) is 12.2. The molecule has 2 rings (SSSR count). The summed E-state index contributed by atoms with van der Waals surface area (Å²) in [7, 11) is 4.57. The molecule has 0 spiro atoms. The first kappa shape index (κ1) is 28.2. The van der Waals surface area contributed by atoms with Crippen molar-refractivity contribution in [1.29, 1.82) is 0 Å². The molecule has 0 saturated carbocycles. The topological polar surface area (TPSA) is 15.7 Å². The predicted molar refractivity (Wildman–Crippen MR) is 114 cm³/mol. The summed E-state index contributed by atoms with van der Waals surface area (Å²) in [5.74, 6) is 0.685. The third-order valence-corrected chi connectivity index (χ3v) is 4.95. The van der Waals surface area contributed by atoms with Crippen molar-refractivity contribution in [2.45, 2.75) is 20.0 Å². The fraction of sp³-hybridized carbons (Fsp3) is 0.438. The third-order valence-electron chi connectivity index (χ3n) is 2.73. The quantitative estimate of drug-likeness (QED) is 0.253. The van der Waals surface area contributed by atoms with Gasteiger partial charge in [0.2, 0.25) is 0 Å². The van der Waals surface area contributed by atoms with E-state index in [1.165, 1.54) is 0 Å². The maximum absolute atomic E-state index is 5.83. The van der Waals surface area contributed by atoms with E-state index in [2.05, 4.69) is 44.4 Å². The monoisotopic (exact) mass is 532 g/mol. The second-order valence-corrected chi connectivity index (χ2v) is 7.29. The van der Waals surface area contributed by atoms with Crippen molar-refractivity contribution in [2.24, 2.45) is 0 Å². The van der Waals surface area contributed by atoms with Gasteiger partial charge in [-0.3, -0.25) is 0 Å². The molecule has 0 bridgehead atoms. The van der Waals surface area contributed by atoms with Gasteiger partial charge in [-0.05, 0) is 39.4 Å². The van der Waals surface area contributed by atoms with Gasteiger partial charge in [-0.1, -0.05) is 29.3 Å². The van der Waals surface area contributed by atoms with E-state index in [0.717, 1.165) is 18.7 Å². The number of nitrogens with zero attached hydrogens (tertiary/aromatic N) is 2. The van der Waals surface area contributed by atoms with E-state index in [1.54, 1.807) is 36.0 Å². The number of benzene rings is 1. The molecule has 1 aromatic rings. The van der Waals surface area contributed by atoms with Crippen LogP contribution in [0.15, 0.2) is 12.1 Å². The first-order valence-corrected chi connectivity index (χ1v) is 12.3. The fourth-order valence-electron chi connectivity index (χ4n) is 1.67. The summed E-state index contributed by atoms with van der Waals surface area (Å²) < 4.78 is 9.94. The summed E-state index contributed by atoms with van der Waals surface area (Å²) in [6.07, 6.45) is 4.30. The minimum absolute atomic E-state index is 0. The first-order chi connectivity index (χ1) is 11.4. The van der Waals surface area contributed by atoms with Gasteiger partial charge in [-0.15, -0.1) is 30.0 Å². The SMILES string of the molecule is CSN1[CH-]N(SC)CC1.[CH2-]c1cc(Cl)c(Cl)cc1OC(C)C.[CH3-].[Cl][Ru+3]. The van der Waals surface area contributed by atoms with Crippen molar-refractivity contribution in [3.05, 3.63) is 48.8 Å². The van der Waals surface area contributed by atoms with Gasteiger partial charge >= 0.3 is 27.0 Å². The van der Waals surface area contributed by atoms with Crippen molar-refractivity contribution in [2.75, 3.05) is 25.6 Å². The van der Waals surface area contributed by atoms with E-state index in [0.29, 0.717) is 15.8 Å². The maximum atomic E-state index is 5.83. The van der Waals surface area contributed by atoms with Gasteiger partial charge in [-0.2, -0.15) is 19.2 Å². The Kier molecular flexibility index (Phi) is 18.1. The van der Waals surface area contributed by atoms with E-state index in [1.807, 2.05) is 31.2 Å². The van der Waals surface area contributed by atoms with Gasteiger partial charge in [0.15, 0.2) is 0 Å². The molecule has 1 aliphatic rings. The zero-order valence-electron chi connectivity index (χ0n) is 15.0. The molecule has 1 aliphatic heterocycles. The molecule has 1 saturated heterocycles. The Morgan fingerprint density at radius 3 is 1.92 bits per heavy atom. The van der Waals surface area contributed by atoms with Crippen LogP contribution in [-0.2, 0) is 17.3 Å². The molecule has 3 nitrogen and oxygen atoms in total. The molecule has 0 aliphatic carbocycles. The first-order valence-electron chi connectivity index (χ1n) is 6.94. The van der Waals surface area contributed by atoms with Crippen molar-refractivity contribution in [3.8, 4) is 5.75 Å². The van der Waals surface area contributed by atoms with E-state index >= 15 is 0 Å². The van der Waals surface area contributed by atoms with Gasteiger partial charge in [0.25, 0.3) is 0 Å². The number of halogens is 3. The molecule has 9 heteroatoms. The summed E-state index contributed by atoms with van der Waals surface area (Å²) in [4.78, 5) is 0. The van der Waals surface area contributed by atoms with Crippen LogP contribution in [0.3, 0.4) is 0 Å². The number of hydrogen-bond acceptors (Lipinski definition) is 5. The molecule has 0 unspecified atom stereocenters. The van der Waals surface area contributed by atoms with Crippen LogP contribution in [0.4, 0.5) is 0 Å². The fourth-order valence-corrected chi connectivity index (χ4v) is 3.01. The molecule has 146 valence electrons. The van der Waals surface area contributed by atoms with Crippen molar-refractivity contribution < 1.29 is 22.0 Å². The van der Waals surface area contributed by atoms with Gasteiger partial charge < -0.3 is 20.8 Å². The summed E-state index contributed by atoms with van der Waals surface area (Å²) >= 11 is 17.0. The van der Waals surface area contributed by atoms with Crippen LogP contribution in [0, 0.1) is 21.0 Å². The molecule has 1 heterocycles. The molecule has 1 aromatic carbocycles. The standard InChI is InChI=1S/C10H11Cl2O.C5H11N2S2.CH3.ClH.Ru/c1-6(2)13-10-5-9(12)8(11)4-7(10)3;1-8-6-3-4-7(5-6)9-2;;;/h4-6H,3H2,1-2H3;5H,3-4H2,1-2H3;1H3;1H;/q3*-1;;+4/p-1. The zero-order chi connectivity index (χ0) is 18.7. The van der Waals surface area contributed by atoms with Crippen LogP contribution < -0.4 is 4.74 Å². The van der Waals surface area contributed by atoms with E-state index in [9.17, 15) is 0 Å². The minimum atomic E-state index is 0. The summed E-state index contributed by atoms with van der Waals surface area (Å²) in [5, 5.41) is 0.993. The Hall–Kier alpha value is 1.00. The molecule has 0 N–H and O–H groups in total. The average Bonchev–Trinajstić information content (AvgIpc) is 3.03. The number of ether oxygens (including phenoxy) is 1. The van der Waals surface area contributed by atoms with E-state index < -0.39 is 0 Å². The third kappa shape index (κ3) is 11.4.